The molecule has 0 fully saturated rings. The van der Waals surface area contributed by atoms with Crippen LogP contribution in [0, 0.1) is 0 Å². The van der Waals surface area contributed by atoms with Gasteiger partial charge in [-0.05, 0) is 24.6 Å². The number of rotatable bonds is 6. The van der Waals surface area contributed by atoms with Crippen LogP contribution in [0.4, 0.5) is 0 Å². The van der Waals surface area contributed by atoms with Crippen LogP contribution in [0.15, 0.2) is 23.1 Å². The Morgan fingerprint density at radius 3 is 2.58 bits per heavy atom. The van der Waals surface area contributed by atoms with Gasteiger partial charge in [0.15, 0.2) is 0 Å². The lowest BCUT2D eigenvalue weighted by atomic mass is 10.2. The van der Waals surface area contributed by atoms with Gasteiger partial charge in [0.25, 0.3) is 0 Å². The van der Waals surface area contributed by atoms with E-state index in [1.807, 2.05) is 0 Å². The molecule has 0 aliphatic carbocycles. The third-order valence-corrected chi connectivity index (χ3v) is 4.36. The average molecular weight is 308 g/mol. The highest BCUT2D eigenvalue weighted by Crippen LogP contribution is 2.20. The Hall–Kier alpha value is -1.15. The lowest BCUT2D eigenvalue weighted by molar-refractivity contribution is 0.0697. The second-order valence-corrected chi connectivity index (χ2v) is 5.98. The van der Waals surface area contributed by atoms with Crippen LogP contribution >= 0.6 is 11.6 Å². The number of sulfonamides is 1. The van der Waals surface area contributed by atoms with Crippen molar-refractivity contribution in [1.82, 2.24) is 4.72 Å². The second-order valence-electron chi connectivity index (χ2n) is 3.86. The predicted molar refractivity (Wildman–Crippen MR) is 69.9 cm³/mol. The zero-order chi connectivity index (χ0) is 14.6. The minimum atomic E-state index is -3.89. The molecule has 1 unspecified atom stereocenters. The van der Waals surface area contributed by atoms with E-state index in [2.05, 4.69) is 4.72 Å². The number of carboxylic acids is 1. The van der Waals surface area contributed by atoms with Crippen molar-refractivity contribution in [3.8, 4) is 0 Å². The summed E-state index contributed by atoms with van der Waals surface area (Å²) >= 11 is 5.67. The maximum atomic E-state index is 12.0. The highest BCUT2D eigenvalue weighted by molar-refractivity contribution is 7.89. The molecular weight excluding hydrogens is 294 g/mol. The first-order chi connectivity index (χ1) is 8.81. The van der Waals surface area contributed by atoms with Gasteiger partial charge in [-0.15, -0.1) is 0 Å². The Bertz CT molecular complexity index is 568. The number of carboxylic acid groups (broad SMARTS) is 1. The van der Waals surface area contributed by atoms with Gasteiger partial charge in [0.1, 0.15) is 0 Å². The molecule has 0 amide bonds. The number of halogens is 1. The molecule has 0 aromatic heterocycles. The van der Waals surface area contributed by atoms with Gasteiger partial charge in [-0.3, -0.25) is 0 Å². The number of aliphatic hydroxyl groups is 1. The molecule has 8 heteroatoms. The molecule has 1 aromatic rings. The normalized spacial score (nSPS) is 13.2. The molecule has 1 atom stereocenters. The van der Waals surface area contributed by atoms with Crippen molar-refractivity contribution in [3.63, 3.8) is 0 Å². The molecule has 1 rings (SSSR count). The summed E-state index contributed by atoms with van der Waals surface area (Å²) in [7, 11) is -3.89. The van der Waals surface area contributed by atoms with Gasteiger partial charge < -0.3 is 10.2 Å². The van der Waals surface area contributed by atoms with E-state index in [1.165, 1.54) is 12.1 Å². The molecule has 1 aromatic carbocycles. The third kappa shape index (κ3) is 3.90. The fourth-order valence-electron chi connectivity index (χ4n) is 1.37. The van der Waals surface area contributed by atoms with Crippen molar-refractivity contribution in [1.29, 1.82) is 0 Å². The van der Waals surface area contributed by atoms with Crippen molar-refractivity contribution in [2.24, 2.45) is 0 Å². The van der Waals surface area contributed by atoms with Crippen LogP contribution in [-0.4, -0.2) is 37.2 Å². The van der Waals surface area contributed by atoms with E-state index in [0.717, 1.165) is 6.07 Å². The van der Waals surface area contributed by atoms with Crippen LogP contribution in [-0.2, 0) is 10.0 Å². The molecule has 0 aliphatic heterocycles. The Morgan fingerprint density at radius 2 is 2.11 bits per heavy atom. The second kappa shape index (κ2) is 6.33. The van der Waals surface area contributed by atoms with Gasteiger partial charge in [-0.2, -0.15) is 0 Å². The summed E-state index contributed by atoms with van der Waals surface area (Å²) < 4.78 is 26.3. The van der Waals surface area contributed by atoms with Crippen molar-refractivity contribution in [2.45, 2.75) is 24.3 Å². The highest BCUT2D eigenvalue weighted by atomic mass is 35.5. The van der Waals surface area contributed by atoms with Crippen LogP contribution in [0.3, 0.4) is 0 Å². The van der Waals surface area contributed by atoms with E-state index < -0.39 is 22.0 Å². The number of aliphatic hydroxyl groups excluding tert-OH is 1. The topological polar surface area (TPSA) is 104 Å². The van der Waals surface area contributed by atoms with Crippen molar-refractivity contribution < 1.29 is 23.4 Å². The molecule has 0 saturated carbocycles. The van der Waals surface area contributed by atoms with E-state index in [1.54, 1.807) is 6.92 Å². The first-order valence-electron chi connectivity index (χ1n) is 5.47. The molecule has 0 spiro atoms. The van der Waals surface area contributed by atoms with Gasteiger partial charge in [-0.25, -0.2) is 17.9 Å². The number of hydrogen-bond donors (Lipinski definition) is 3. The molecule has 3 N–H and O–H groups in total. The van der Waals surface area contributed by atoms with Gasteiger partial charge in [0.05, 0.1) is 22.1 Å². The van der Waals surface area contributed by atoms with Crippen LogP contribution in [0.5, 0.6) is 0 Å². The standard InChI is InChI=1S/C11H14ClNO5S/c1-2-7(6-14)13-19(17,18)8-3-4-10(12)9(5-8)11(15)16/h3-5,7,13-14H,2,6H2,1H3,(H,15,16). The minimum Gasteiger partial charge on any atom is -0.478 e. The van der Waals surface area contributed by atoms with Crippen molar-refractivity contribution >= 4 is 27.6 Å². The van der Waals surface area contributed by atoms with Gasteiger partial charge in [0.2, 0.25) is 10.0 Å². The van der Waals surface area contributed by atoms with E-state index >= 15 is 0 Å². The predicted octanol–water partition coefficient (Wildman–Crippen LogP) is 1.09. The minimum absolute atomic E-state index is 0.0411. The fraction of sp³-hybridized carbons (Fsp3) is 0.364. The number of benzene rings is 1. The molecule has 19 heavy (non-hydrogen) atoms. The molecule has 0 aliphatic rings. The van der Waals surface area contributed by atoms with Crippen molar-refractivity contribution in [2.75, 3.05) is 6.61 Å². The first-order valence-corrected chi connectivity index (χ1v) is 7.34. The lowest BCUT2D eigenvalue weighted by Crippen LogP contribution is -2.36. The number of hydrogen-bond acceptors (Lipinski definition) is 4. The van der Waals surface area contributed by atoms with E-state index in [0.29, 0.717) is 6.42 Å². The Labute approximate surface area is 116 Å². The lowest BCUT2D eigenvalue weighted by Gasteiger charge is -2.14. The van der Waals surface area contributed by atoms with Crippen LogP contribution in [0.1, 0.15) is 23.7 Å². The Kier molecular flexibility index (Phi) is 5.30. The first kappa shape index (κ1) is 15.9. The van der Waals surface area contributed by atoms with Gasteiger partial charge in [-0.1, -0.05) is 18.5 Å². The molecule has 0 saturated heterocycles. The quantitative estimate of drug-likeness (QED) is 0.730. The Morgan fingerprint density at radius 1 is 1.47 bits per heavy atom. The SMILES string of the molecule is CCC(CO)NS(=O)(=O)c1ccc(Cl)c(C(=O)O)c1. The van der Waals surface area contributed by atoms with Crippen molar-refractivity contribution in [3.05, 3.63) is 28.8 Å². The average Bonchev–Trinajstić information content (AvgIpc) is 2.35. The fourth-order valence-corrected chi connectivity index (χ4v) is 2.91. The van der Waals surface area contributed by atoms with E-state index in [4.69, 9.17) is 21.8 Å². The maximum absolute atomic E-state index is 12.0. The summed E-state index contributed by atoms with van der Waals surface area (Å²) in [6, 6.07) is 2.78. The van der Waals surface area contributed by atoms with Crippen LogP contribution in [0.2, 0.25) is 5.02 Å². The largest absolute Gasteiger partial charge is 0.478 e. The molecular formula is C11H14ClNO5S. The maximum Gasteiger partial charge on any atom is 0.337 e. The molecule has 6 nitrogen and oxygen atoms in total. The summed E-state index contributed by atoms with van der Waals surface area (Å²) in [4.78, 5) is 10.7. The van der Waals surface area contributed by atoms with Gasteiger partial charge >= 0.3 is 5.97 Å². The zero-order valence-electron chi connectivity index (χ0n) is 10.1. The Balaban J connectivity index is 3.15. The van der Waals surface area contributed by atoms with Crippen LogP contribution < -0.4 is 4.72 Å². The van der Waals surface area contributed by atoms with Gasteiger partial charge in [0, 0.05) is 6.04 Å². The molecule has 0 bridgehead atoms. The number of aromatic carboxylic acids is 1. The molecule has 0 heterocycles. The van der Waals surface area contributed by atoms with Crippen LogP contribution in [0.25, 0.3) is 0 Å². The molecule has 106 valence electrons. The monoisotopic (exact) mass is 307 g/mol. The number of nitrogens with one attached hydrogen (secondary N) is 1. The molecule has 0 radical (unpaired) electrons. The third-order valence-electron chi connectivity index (χ3n) is 2.51. The summed E-state index contributed by atoms with van der Waals surface area (Å²) in [6.07, 6.45) is 0.412. The summed E-state index contributed by atoms with van der Waals surface area (Å²) in [5.74, 6) is -1.31. The zero-order valence-corrected chi connectivity index (χ0v) is 11.7. The van der Waals surface area contributed by atoms with E-state index in [-0.39, 0.29) is 22.1 Å². The highest BCUT2D eigenvalue weighted by Gasteiger charge is 2.21. The summed E-state index contributed by atoms with van der Waals surface area (Å²) in [6.45, 7) is 1.38. The number of carbonyl (C=O) groups is 1. The summed E-state index contributed by atoms with van der Waals surface area (Å²) in [5.41, 5.74) is -0.290. The van der Waals surface area contributed by atoms with E-state index in [9.17, 15) is 13.2 Å². The smallest absolute Gasteiger partial charge is 0.337 e. The summed E-state index contributed by atoms with van der Waals surface area (Å²) in [5, 5.41) is 17.8.